The monoisotopic (exact) mass is 1810 g/mol. The summed E-state index contributed by atoms with van der Waals surface area (Å²) in [4.78, 5) is 71.1. The SMILES string of the molecule is COc1ccc(-c2n[nH]c(=S)n2-c2ccccc2OC)cc1.COc1ccc(-c2nnc(SCc3cc(=O)n4cc(C)ccc4n3)n2-c2ccccc2OC)cc1.COc1ccc(C(=O)NN)cc1.COc1ccc(C(=O)NNC(=S)Nc2ccccc2OC)cc1.COc1ccccc1N=C=S.Cc1ccc2nc(CCl)cc(=O)n2c1.O=CO[O-].[H-].[K+].[K+]. The number of para-hydroxylation sites is 8. The number of rotatable bonds is 21. The molecule has 31 nitrogen and oxygen atoms in total. The first-order valence-corrected chi connectivity index (χ1v) is 38.6. The van der Waals surface area contributed by atoms with Gasteiger partial charge in [-0.15, -0.1) is 21.8 Å². The predicted octanol–water partition coefficient (Wildman–Crippen LogP) is 7.53. The molecule has 6 heterocycles. The number of aromatic nitrogens is 10. The van der Waals surface area contributed by atoms with Crippen LogP contribution in [0, 0.1) is 18.6 Å². The summed E-state index contributed by atoms with van der Waals surface area (Å²) in [5, 5.41) is 30.7. The molecule has 2 amide bonds. The number of benzene rings is 8. The molecule has 0 bridgehead atoms. The molecule has 0 aliphatic rings. The van der Waals surface area contributed by atoms with Gasteiger partial charge in [0.2, 0.25) is 0 Å². The van der Waals surface area contributed by atoms with Gasteiger partial charge in [-0.05, 0) is 219 Å². The maximum Gasteiger partial charge on any atom is 1.00 e. The Labute approximate surface area is 818 Å². The first kappa shape index (κ1) is 101. The number of hydrogen-bond donors (Lipinski definition) is 6. The average molecular weight is 1810 g/mol. The van der Waals surface area contributed by atoms with Crippen molar-refractivity contribution in [3.8, 4) is 80.1 Å². The molecule has 14 aromatic rings. The molecule has 0 aliphatic carbocycles. The third-order valence-corrected chi connectivity index (χ3v) is 18.4. The number of methoxy groups -OCH3 is 8. The number of thioether (sulfide) groups is 1. The summed E-state index contributed by atoms with van der Waals surface area (Å²) in [6.07, 6.45) is 3.56. The number of aryl methyl sites for hydroxylation is 2. The Morgan fingerprint density at radius 3 is 1.46 bits per heavy atom. The topological polar surface area (TPSA) is 377 Å². The molecule has 7 N–H and O–H groups in total. The van der Waals surface area contributed by atoms with E-state index in [9.17, 15) is 19.2 Å². The number of pyridine rings is 2. The van der Waals surface area contributed by atoms with Crippen LogP contribution in [-0.4, -0.2) is 134 Å². The molecule has 0 aliphatic heterocycles. The molecular formula is C85H83ClK2N16O15S4. The van der Waals surface area contributed by atoms with Crippen LogP contribution in [0.2, 0.25) is 0 Å². The van der Waals surface area contributed by atoms with Crippen molar-refractivity contribution in [3.63, 3.8) is 0 Å². The molecule has 0 radical (unpaired) electrons. The molecule has 626 valence electrons. The maximum atomic E-state index is 12.6. The number of nitrogens with one attached hydrogen (secondary N) is 5. The number of anilines is 1. The predicted molar refractivity (Wildman–Crippen MR) is 472 cm³/mol. The number of halogens is 1. The summed E-state index contributed by atoms with van der Waals surface area (Å²) in [6.45, 7) is 3.70. The largest absolute Gasteiger partial charge is 1.00 e. The van der Waals surface area contributed by atoms with Crippen molar-refractivity contribution in [2.45, 2.75) is 30.6 Å². The van der Waals surface area contributed by atoms with Gasteiger partial charge in [-0.2, -0.15) is 10.1 Å². The second-order valence-corrected chi connectivity index (χ2v) is 26.5. The van der Waals surface area contributed by atoms with Crippen LogP contribution >= 0.6 is 60.0 Å². The normalized spacial score (nSPS) is 9.86. The number of alkyl halides is 1. The van der Waals surface area contributed by atoms with E-state index in [1.807, 2.05) is 192 Å². The van der Waals surface area contributed by atoms with Crippen molar-refractivity contribution in [2.24, 2.45) is 10.8 Å². The summed E-state index contributed by atoms with van der Waals surface area (Å²) >= 11 is 22.1. The van der Waals surface area contributed by atoms with Gasteiger partial charge < -0.3 is 54.8 Å². The number of fused-ring (bicyclic) bond motifs is 2. The Balaban J connectivity index is 0.000000272. The summed E-state index contributed by atoms with van der Waals surface area (Å²) in [6, 6.07) is 69.4. The number of thiocarbonyl (C=S) groups is 2. The van der Waals surface area contributed by atoms with Crippen LogP contribution in [0.25, 0.3) is 45.4 Å². The van der Waals surface area contributed by atoms with Gasteiger partial charge in [-0.3, -0.25) is 63.3 Å². The number of H-pyrrole nitrogens is 1. The van der Waals surface area contributed by atoms with E-state index in [1.54, 1.807) is 134 Å². The van der Waals surface area contributed by atoms with Gasteiger partial charge in [0.15, 0.2) is 26.7 Å². The van der Waals surface area contributed by atoms with Crippen LogP contribution in [0.5, 0.6) is 46.0 Å². The molecule has 0 spiro atoms. The Morgan fingerprint density at radius 1 is 0.561 bits per heavy atom. The third kappa shape index (κ3) is 29.7. The number of carbonyl (C=O) groups excluding carboxylic acids is 3. The molecule has 8 aromatic carbocycles. The van der Waals surface area contributed by atoms with E-state index < -0.39 is 0 Å². The minimum atomic E-state index is -0.308. The number of hydrogen-bond acceptors (Lipinski definition) is 26. The number of aliphatic imine (C=N–C) groups is 1. The molecule has 0 saturated heterocycles. The molecule has 38 heteroatoms. The molecule has 123 heavy (non-hydrogen) atoms. The molecular weight excluding hydrogens is 1730 g/mol. The summed E-state index contributed by atoms with van der Waals surface area (Å²) in [5.41, 5.74) is 17.4. The van der Waals surface area contributed by atoms with Gasteiger partial charge in [-0.1, -0.05) is 72.4 Å². The molecule has 0 saturated carbocycles. The van der Waals surface area contributed by atoms with E-state index >= 15 is 0 Å². The van der Waals surface area contributed by atoms with Crippen molar-refractivity contribution < 1.29 is 167 Å². The zero-order valence-electron chi connectivity index (χ0n) is 69.8. The fourth-order valence-corrected chi connectivity index (χ4v) is 12.3. The number of nitrogens with two attached hydrogens (primary N) is 1. The summed E-state index contributed by atoms with van der Waals surface area (Å²) in [5.74, 6) is 12.2. The van der Waals surface area contributed by atoms with Crippen LogP contribution in [0.1, 0.15) is 44.7 Å². The molecule has 0 fully saturated rings. The number of nitrogens with zero attached hydrogens (tertiary/aromatic N) is 10. The van der Waals surface area contributed by atoms with Crippen LogP contribution in [0.15, 0.2) is 263 Å². The van der Waals surface area contributed by atoms with E-state index in [-0.39, 0.29) is 145 Å². The summed E-state index contributed by atoms with van der Waals surface area (Å²) in [7, 11) is 12.8. The standard InChI is InChI=1S/C26H23N5O3S.C16H17N3O3S.C16H15N3O2S.C10H9ClN2O.C8H10N2O2.C8H7NOS.CH2O3.2K.H/c1-17-8-13-23-27-19(14-24(32)30(23)15-17)16-35-26-29-28-25(18-9-11-20(33-2)12-10-18)31(26)21-6-4-5-7-22(21)34-3;1-21-12-9-7-11(8-10-12)15(20)18-19-16(23)17-13-5-3-4-6-14(13)22-2;1-20-12-9-7-11(8-10-12)15-17-18-16(22)19(15)13-5-3-4-6-14(13)21-2;1-7-2-3-9-12-8(5-11)4-10(14)13(9)6-7;1-12-7-4-2-6(3-5-7)8(11)10-9;1-10-8-5-3-2-4-7(8)9-6-11;2-1-4-3;;;/h4-15H,16H2,1-3H3;3-10H,1-2H3,(H,18,20)(H2,17,19,23);3-10H,1-2H3,(H,18,22);2-4,6H,5H2,1H3;2-5H,9H2,1H3,(H,10,11);2-5H,1H3;1,3H;;;/q;;;;;;;2*+1;-1/p-1. The van der Waals surface area contributed by atoms with Gasteiger partial charge in [0.05, 0.1) is 96.4 Å². The zero-order valence-corrected chi connectivity index (χ0v) is 79.0. The Hall–Kier alpha value is -10.9. The minimum Gasteiger partial charge on any atom is -1.00 e. The number of aromatic amines is 1. The van der Waals surface area contributed by atoms with E-state index in [4.69, 9.17) is 89.8 Å². The number of nitrogen functional groups attached to an aromatic ring is 1. The van der Waals surface area contributed by atoms with Crippen LogP contribution < -0.4 is 184 Å². The van der Waals surface area contributed by atoms with Crippen molar-refractivity contribution in [1.82, 2.24) is 64.6 Å². The molecule has 0 unspecified atom stereocenters. The van der Waals surface area contributed by atoms with Gasteiger partial charge >= 0.3 is 103 Å². The second kappa shape index (κ2) is 53.2. The molecule has 6 aromatic heterocycles. The van der Waals surface area contributed by atoms with Gasteiger partial charge in [-0.25, -0.2) is 15.8 Å². The average Bonchev–Trinajstić information content (AvgIpc) is 1.62. The van der Waals surface area contributed by atoms with Crippen molar-refractivity contribution in [1.29, 1.82) is 0 Å². The van der Waals surface area contributed by atoms with Gasteiger partial charge in [0.25, 0.3) is 29.4 Å². The minimum absolute atomic E-state index is 0. The number of amides is 2. The van der Waals surface area contributed by atoms with E-state index in [0.717, 1.165) is 56.7 Å². The van der Waals surface area contributed by atoms with Crippen LogP contribution in [0.4, 0.5) is 11.4 Å². The number of carbonyl (C=O) groups is 3. The number of isothiocyanates is 1. The van der Waals surface area contributed by atoms with Crippen LogP contribution in [-0.2, 0) is 21.3 Å². The number of hydrazine groups is 2. The second-order valence-electron chi connectivity index (χ2n) is 24.3. The fourth-order valence-electron chi connectivity index (χ4n) is 10.8. The van der Waals surface area contributed by atoms with E-state index in [0.29, 0.717) is 95.4 Å². The molecule has 14 rings (SSSR count). The smallest absolute Gasteiger partial charge is 1.00 e. The van der Waals surface area contributed by atoms with E-state index in [2.05, 4.69) is 73.8 Å². The Kier molecular flexibility index (Phi) is 43.7. The Morgan fingerprint density at radius 2 is 0.992 bits per heavy atom. The van der Waals surface area contributed by atoms with Crippen molar-refractivity contribution >= 4 is 111 Å². The first-order chi connectivity index (χ1) is 58.7. The van der Waals surface area contributed by atoms with Gasteiger partial charge in [0.1, 0.15) is 63.0 Å². The van der Waals surface area contributed by atoms with Crippen molar-refractivity contribution in [2.75, 3.05) is 62.2 Å². The van der Waals surface area contributed by atoms with E-state index in [1.165, 1.54) is 22.2 Å². The maximum absolute atomic E-state index is 12.6. The quantitative estimate of drug-likeness (QED) is 0.00386. The first-order valence-electron chi connectivity index (χ1n) is 35.8. The fraction of sp³-hybridized carbons (Fsp3) is 0.141. The number of ether oxygens (including phenoxy) is 8. The van der Waals surface area contributed by atoms with Gasteiger partial charge in [0, 0.05) is 52.5 Å². The summed E-state index contributed by atoms with van der Waals surface area (Å²) < 4.78 is 49.1. The van der Waals surface area contributed by atoms with Crippen LogP contribution in [0.3, 0.4) is 0 Å². The third-order valence-electron chi connectivity index (χ3n) is 16.6. The van der Waals surface area contributed by atoms with Crippen molar-refractivity contribution in [3.05, 3.63) is 302 Å². The Bertz CT molecular complexity index is 6040. The molecule has 0 atom stereocenters. The zero-order chi connectivity index (χ0) is 87.2.